The highest BCUT2D eigenvalue weighted by molar-refractivity contribution is 6.02. The zero-order valence-electron chi connectivity index (χ0n) is 13.3. The third-order valence-electron chi connectivity index (χ3n) is 4.22. The van der Waals surface area contributed by atoms with E-state index in [0.29, 0.717) is 11.4 Å². The summed E-state index contributed by atoms with van der Waals surface area (Å²) in [6.07, 6.45) is -0.913. The number of carbonyl (C=O) groups excluding carboxylic acids is 1. The summed E-state index contributed by atoms with van der Waals surface area (Å²) in [5.74, 6) is -0.528. The third kappa shape index (κ3) is 2.19. The minimum atomic E-state index is -1.30. The van der Waals surface area contributed by atoms with E-state index >= 15 is 0 Å². The number of hydrogen-bond acceptors (Lipinski definition) is 4. The van der Waals surface area contributed by atoms with Crippen molar-refractivity contribution in [1.82, 2.24) is 0 Å². The molecular weight excluding hydrogens is 284 g/mol. The van der Waals surface area contributed by atoms with Crippen LogP contribution in [0.4, 0.5) is 16.2 Å². The van der Waals surface area contributed by atoms with E-state index in [4.69, 9.17) is 10.5 Å². The monoisotopic (exact) mass is 306 g/mol. The molecule has 3 N–H and O–H groups in total. The lowest BCUT2D eigenvalue weighted by Gasteiger charge is -2.44. The van der Waals surface area contributed by atoms with Gasteiger partial charge in [0.15, 0.2) is 5.54 Å². The molecule has 1 atom stereocenters. The Morgan fingerprint density at radius 2 is 2.05 bits per heavy atom. The van der Waals surface area contributed by atoms with Gasteiger partial charge in [0.25, 0.3) is 0 Å². The Morgan fingerprint density at radius 1 is 1.41 bits per heavy atom. The number of nitrogens with two attached hydrogens (primary N) is 1. The van der Waals surface area contributed by atoms with Crippen LogP contribution in [-0.2, 0) is 16.0 Å². The van der Waals surface area contributed by atoms with Gasteiger partial charge in [0.2, 0.25) is 0 Å². The third-order valence-corrected chi connectivity index (χ3v) is 4.22. The molecule has 22 heavy (non-hydrogen) atoms. The van der Waals surface area contributed by atoms with E-state index in [0.717, 1.165) is 10.5 Å². The van der Waals surface area contributed by atoms with E-state index in [1.54, 1.807) is 25.1 Å². The summed E-state index contributed by atoms with van der Waals surface area (Å²) in [4.78, 5) is 25.8. The van der Waals surface area contributed by atoms with Crippen molar-refractivity contribution < 1.29 is 19.4 Å². The fraction of sp³-hybridized carbons (Fsp3) is 0.500. The summed E-state index contributed by atoms with van der Waals surface area (Å²) in [6.45, 7) is 7.43. The van der Waals surface area contributed by atoms with Crippen LogP contribution in [0.5, 0.6) is 0 Å². The molecule has 120 valence electrons. The molecule has 6 nitrogen and oxygen atoms in total. The number of benzene rings is 1. The van der Waals surface area contributed by atoms with Gasteiger partial charge in [-0.1, -0.05) is 26.8 Å². The van der Waals surface area contributed by atoms with Crippen molar-refractivity contribution in [1.29, 1.82) is 0 Å². The molecule has 0 aromatic heterocycles. The van der Waals surface area contributed by atoms with Gasteiger partial charge in [0.05, 0.1) is 12.3 Å². The number of fused-ring (bicyclic) bond motifs is 1. The Labute approximate surface area is 129 Å². The maximum Gasteiger partial charge on any atom is 0.412 e. The minimum Gasteiger partial charge on any atom is -0.465 e. The molecule has 1 aliphatic rings. The standard InChI is InChI=1S/C16H22N2O4/c1-5-22-13(19)16(15(2,3)4)9-10-6-7-11(17)8-12(10)18(16)14(20)21/h6-8H,5,9,17H2,1-4H3,(H,20,21). The van der Waals surface area contributed by atoms with Crippen LogP contribution in [0.25, 0.3) is 0 Å². The Bertz CT molecular complexity index is 621. The summed E-state index contributed by atoms with van der Waals surface area (Å²) < 4.78 is 5.22. The lowest BCUT2D eigenvalue weighted by atomic mass is 9.71. The first-order valence-corrected chi connectivity index (χ1v) is 7.24. The largest absolute Gasteiger partial charge is 0.465 e. The van der Waals surface area contributed by atoms with Gasteiger partial charge in [-0.25, -0.2) is 9.59 Å². The highest BCUT2D eigenvalue weighted by Crippen LogP contribution is 2.49. The molecule has 0 spiro atoms. The van der Waals surface area contributed by atoms with E-state index in [-0.39, 0.29) is 13.0 Å². The average molecular weight is 306 g/mol. The number of nitrogen functional groups attached to an aromatic ring is 1. The van der Waals surface area contributed by atoms with Crippen molar-refractivity contribution >= 4 is 23.4 Å². The molecule has 0 saturated heterocycles. The molecule has 0 fully saturated rings. The number of carbonyl (C=O) groups is 2. The SMILES string of the molecule is CCOC(=O)C1(C(C)(C)C)Cc2ccc(N)cc2N1C(=O)O. The van der Waals surface area contributed by atoms with Crippen LogP contribution in [0.1, 0.15) is 33.3 Å². The molecule has 0 aliphatic carbocycles. The minimum absolute atomic E-state index is 0.197. The van der Waals surface area contributed by atoms with Crippen LogP contribution in [0.3, 0.4) is 0 Å². The van der Waals surface area contributed by atoms with Gasteiger partial charge in [-0.15, -0.1) is 0 Å². The molecule has 1 heterocycles. The molecule has 1 aliphatic heterocycles. The normalized spacial score (nSPS) is 20.6. The highest BCUT2D eigenvalue weighted by atomic mass is 16.5. The number of amides is 1. The van der Waals surface area contributed by atoms with Crippen LogP contribution >= 0.6 is 0 Å². The number of nitrogens with zero attached hydrogens (tertiary/aromatic N) is 1. The molecule has 0 radical (unpaired) electrons. The van der Waals surface area contributed by atoms with Crippen molar-refractivity contribution in [2.75, 3.05) is 17.2 Å². The number of rotatable bonds is 2. The molecule has 1 aromatic carbocycles. The molecule has 6 heteroatoms. The lowest BCUT2D eigenvalue weighted by molar-refractivity contribution is -0.153. The zero-order chi connectivity index (χ0) is 16.7. The van der Waals surface area contributed by atoms with Crippen molar-refractivity contribution in [2.24, 2.45) is 5.41 Å². The molecule has 1 aromatic rings. The number of anilines is 2. The van der Waals surface area contributed by atoms with Gasteiger partial charge < -0.3 is 15.6 Å². The summed E-state index contributed by atoms with van der Waals surface area (Å²) >= 11 is 0. The Kier molecular flexibility index (Phi) is 3.81. The van der Waals surface area contributed by atoms with Gasteiger partial charge in [-0.05, 0) is 30.0 Å². The lowest BCUT2D eigenvalue weighted by Crippen LogP contribution is -2.63. The van der Waals surface area contributed by atoms with E-state index < -0.39 is 23.0 Å². The van der Waals surface area contributed by atoms with Crippen LogP contribution < -0.4 is 10.6 Å². The van der Waals surface area contributed by atoms with Gasteiger partial charge in [0.1, 0.15) is 0 Å². The van der Waals surface area contributed by atoms with Crippen molar-refractivity contribution in [3.05, 3.63) is 23.8 Å². The predicted molar refractivity (Wildman–Crippen MR) is 83.9 cm³/mol. The van der Waals surface area contributed by atoms with E-state index in [9.17, 15) is 14.7 Å². The van der Waals surface area contributed by atoms with Crippen molar-refractivity contribution in [3.8, 4) is 0 Å². The van der Waals surface area contributed by atoms with Gasteiger partial charge in [-0.2, -0.15) is 0 Å². The van der Waals surface area contributed by atoms with Crippen LogP contribution in [0.15, 0.2) is 18.2 Å². The van der Waals surface area contributed by atoms with Crippen LogP contribution in [-0.4, -0.2) is 29.3 Å². The first kappa shape index (κ1) is 16.1. The topological polar surface area (TPSA) is 92.9 Å². The Balaban J connectivity index is 2.69. The van der Waals surface area contributed by atoms with Crippen LogP contribution in [0, 0.1) is 5.41 Å². The van der Waals surface area contributed by atoms with Crippen molar-refractivity contribution in [3.63, 3.8) is 0 Å². The van der Waals surface area contributed by atoms with Crippen molar-refractivity contribution in [2.45, 2.75) is 39.7 Å². The van der Waals surface area contributed by atoms with Gasteiger partial charge in [-0.3, -0.25) is 4.90 Å². The molecule has 0 bridgehead atoms. The zero-order valence-corrected chi connectivity index (χ0v) is 13.3. The molecule has 1 unspecified atom stereocenters. The smallest absolute Gasteiger partial charge is 0.412 e. The number of hydrogen-bond donors (Lipinski definition) is 2. The second-order valence-electron chi connectivity index (χ2n) is 6.51. The number of carboxylic acid groups (broad SMARTS) is 1. The van der Waals surface area contributed by atoms with Crippen LogP contribution in [0.2, 0.25) is 0 Å². The average Bonchev–Trinajstić information content (AvgIpc) is 2.73. The maximum absolute atomic E-state index is 12.7. The quantitative estimate of drug-likeness (QED) is 0.647. The predicted octanol–water partition coefficient (Wildman–Crippen LogP) is 2.66. The van der Waals surface area contributed by atoms with Gasteiger partial charge >= 0.3 is 12.1 Å². The van der Waals surface area contributed by atoms with E-state index in [1.165, 1.54) is 0 Å². The fourth-order valence-corrected chi connectivity index (χ4v) is 3.09. The second-order valence-corrected chi connectivity index (χ2v) is 6.51. The number of ether oxygens (including phenoxy) is 1. The second kappa shape index (κ2) is 5.19. The molecular formula is C16H22N2O4. The van der Waals surface area contributed by atoms with E-state index in [2.05, 4.69) is 0 Å². The maximum atomic E-state index is 12.7. The summed E-state index contributed by atoms with van der Waals surface area (Å²) in [6, 6.07) is 5.08. The Hall–Kier alpha value is -2.24. The first-order chi connectivity index (χ1) is 10.1. The number of esters is 1. The molecule has 1 amide bonds. The van der Waals surface area contributed by atoms with E-state index in [1.807, 2.05) is 20.8 Å². The highest BCUT2D eigenvalue weighted by Gasteiger charge is 2.60. The van der Waals surface area contributed by atoms with Gasteiger partial charge in [0, 0.05) is 12.1 Å². The Morgan fingerprint density at radius 3 is 2.55 bits per heavy atom. The fourth-order valence-electron chi connectivity index (χ4n) is 3.09. The summed E-state index contributed by atoms with van der Waals surface area (Å²) in [5.41, 5.74) is 5.53. The molecule has 2 rings (SSSR count). The first-order valence-electron chi connectivity index (χ1n) is 7.24. The summed E-state index contributed by atoms with van der Waals surface area (Å²) in [5, 5.41) is 9.74. The summed E-state index contributed by atoms with van der Waals surface area (Å²) in [7, 11) is 0. The molecule has 0 saturated carbocycles.